The number of aryl methyl sites for hydroxylation is 1. The third kappa shape index (κ3) is 3.23. The van der Waals surface area contributed by atoms with Crippen LogP contribution in [0.25, 0.3) is 16.8 Å². The molecule has 0 bridgehead atoms. The van der Waals surface area contributed by atoms with E-state index in [2.05, 4.69) is 10.1 Å². The lowest BCUT2D eigenvalue weighted by Gasteiger charge is -2.11. The van der Waals surface area contributed by atoms with Crippen molar-refractivity contribution in [3.8, 4) is 11.1 Å². The molecule has 0 N–H and O–H groups in total. The second kappa shape index (κ2) is 6.60. The molecule has 3 rings (SSSR count). The molecule has 0 spiro atoms. The van der Waals surface area contributed by atoms with Gasteiger partial charge >= 0.3 is 5.97 Å². The highest BCUT2D eigenvalue weighted by Gasteiger charge is 2.17. The fraction of sp³-hybridized carbons (Fsp3) is 0.278. The van der Waals surface area contributed by atoms with Crippen molar-refractivity contribution in [1.82, 2.24) is 19.5 Å². The number of benzene rings is 1. The number of halogens is 1. The van der Waals surface area contributed by atoms with Gasteiger partial charge in [-0.3, -0.25) is 0 Å². The Bertz CT molecular complexity index is 950. The molecular weight excluding hydrogens is 323 g/mol. The predicted octanol–water partition coefficient (Wildman–Crippen LogP) is 2.69. The average molecular weight is 342 g/mol. The fourth-order valence-corrected chi connectivity index (χ4v) is 2.78. The summed E-state index contributed by atoms with van der Waals surface area (Å²) in [6, 6.07) is 5.14. The summed E-state index contributed by atoms with van der Waals surface area (Å²) in [6.07, 6.45) is 2.99. The molecule has 0 aliphatic carbocycles. The topological polar surface area (TPSA) is 59.7 Å². The van der Waals surface area contributed by atoms with Crippen LogP contribution in [0.2, 0.25) is 0 Å². The molecule has 0 saturated carbocycles. The van der Waals surface area contributed by atoms with E-state index in [-0.39, 0.29) is 5.82 Å². The quantitative estimate of drug-likeness (QED) is 0.682. The van der Waals surface area contributed by atoms with Crippen LogP contribution >= 0.6 is 0 Å². The first-order valence-corrected chi connectivity index (χ1v) is 7.77. The summed E-state index contributed by atoms with van der Waals surface area (Å²) in [4.78, 5) is 17.9. The van der Waals surface area contributed by atoms with Gasteiger partial charge in [0, 0.05) is 30.1 Å². The van der Waals surface area contributed by atoms with Gasteiger partial charge in [-0.1, -0.05) is 12.1 Å². The highest BCUT2D eigenvalue weighted by molar-refractivity contribution is 5.89. The van der Waals surface area contributed by atoms with Crippen LogP contribution in [-0.2, 0) is 11.3 Å². The Labute approximate surface area is 144 Å². The van der Waals surface area contributed by atoms with Gasteiger partial charge in [0.25, 0.3) is 0 Å². The third-order valence-corrected chi connectivity index (χ3v) is 3.90. The summed E-state index contributed by atoms with van der Waals surface area (Å²) in [5, 5.41) is 4.38. The van der Waals surface area contributed by atoms with Crippen molar-refractivity contribution >= 4 is 11.6 Å². The molecule has 7 heteroatoms. The van der Waals surface area contributed by atoms with Crippen LogP contribution in [0.1, 0.15) is 21.6 Å². The Morgan fingerprint density at radius 3 is 2.76 bits per heavy atom. The number of esters is 1. The molecule has 0 radical (unpaired) electrons. The van der Waals surface area contributed by atoms with E-state index >= 15 is 0 Å². The first kappa shape index (κ1) is 17.0. The summed E-state index contributed by atoms with van der Waals surface area (Å²) in [7, 11) is 5.10. The Morgan fingerprint density at radius 1 is 1.36 bits per heavy atom. The first-order valence-electron chi connectivity index (χ1n) is 7.77. The number of fused-ring (bicyclic) bond motifs is 1. The van der Waals surface area contributed by atoms with Crippen LogP contribution in [0, 0.1) is 12.7 Å². The summed E-state index contributed by atoms with van der Waals surface area (Å²) in [5.41, 5.74) is 3.64. The number of aromatic nitrogens is 3. The molecule has 6 nitrogen and oxygen atoms in total. The summed E-state index contributed by atoms with van der Waals surface area (Å²) < 4.78 is 20.6. The molecule has 0 fully saturated rings. The van der Waals surface area contributed by atoms with E-state index in [1.165, 1.54) is 23.9 Å². The van der Waals surface area contributed by atoms with Crippen molar-refractivity contribution in [2.45, 2.75) is 13.5 Å². The number of carbonyl (C=O) groups is 1. The zero-order chi connectivity index (χ0) is 18.1. The van der Waals surface area contributed by atoms with Gasteiger partial charge in [0.05, 0.1) is 18.4 Å². The van der Waals surface area contributed by atoms with E-state index in [0.29, 0.717) is 34.6 Å². The van der Waals surface area contributed by atoms with Crippen molar-refractivity contribution in [2.24, 2.45) is 0 Å². The number of nitrogens with zero attached hydrogens (tertiary/aromatic N) is 4. The maximum absolute atomic E-state index is 14.4. The van der Waals surface area contributed by atoms with E-state index < -0.39 is 5.97 Å². The molecule has 0 saturated heterocycles. The van der Waals surface area contributed by atoms with Crippen LogP contribution in [0.3, 0.4) is 0 Å². The molecule has 2 aromatic heterocycles. The second-order valence-electron chi connectivity index (χ2n) is 6.11. The summed E-state index contributed by atoms with van der Waals surface area (Å²) in [6.45, 7) is 2.36. The Hall–Kier alpha value is -2.80. The predicted molar refractivity (Wildman–Crippen MR) is 91.8 cm³/mol. The van der Waals surface area contributed by atoms with E-state index in [0.717, 1.165) is 5.56 Å². The van der Waals surface area contributed by atoms with Crippen LogP contribution in [0.4, 0.5) is 4.39 Å². The van der Waals surface area contributed by atoms with Gasteiger partial charge in [0.15, 0.2) is 5.65 Å². The molecule has 0 amide bonds. The first-order chi connectivity index (χ1) is 11.9. The number of hydrogen-bond acceptors (Lipinski definition) is 5. The SMILES string of the molecule is COC(=O)c1cnc2c(-c3ccc(CN(C)C)c(F)c3)c(C)nn2c1. The fourth-order valence-electron chi connectivity index (χ4n) is 2.78. The molecule has 0 unspecified atom stereocenters. The normalized spacial score (nSPS) is 11.3. The minimum absolute atomic E-state index is 0.267. The highest BCUT2D eigenvalue weighted by Crippen LogP contribution is 2.28. The maximum Gasteiger partial charge on any atom is 0.341 e. The maximum atomic E-state index is 14.4. The van der Waals surface area contributed by atoms with Gasteiger partial charge in [-0.25, -0.2) is 18.7 Å². The van der Waals surface area contributed by atoms with Crippen LogP contribution < -0.4 is 0 Å². The number of carbonyl (C=O) groups excluding carboxylic acids is 1. The number of methoxy groups -OCH3 is 1. The lowest BCUT2D eigenvalue weighted by atomic mass is 10.0. The van der Waals surface area contributed by atoms with Crippen molar-refractivity contribution in [1.29, 1.82) is 0 Å². The second-order valence-corrected chi connectivity index (χ2v) is 6.11. The van der Waals surface area contributed by atoms with Gasteiger partial charge < -0.3 is 9.64 Å². The van der Waals surface area contributed by atoms with Gasteiger partial charge in [-0.2, -0.15) is 5.10 Å². The standard InChI is InChI=1S/C18H19FN4O2/c1-11-16(12-5-6-13(9-22(2)3)15(19)7-12)17-20-8-14(18(24)25-4)10-23(17)21-11/h5-8,10H,9H2,1-4H3. The molecule has 0 aliphatic heterocycles. The Balaban J connectivity index is 2.08. The number of hydrogen-bond donors (Lipinski definition) is 0. The molecule has 130 valence electrons. The minimum Gasteiger partial charge on any atom is -0.465 e. The molecule has 0 atom stereocenters. The van der Waals surface area contributed by atoms with Gasteiger partial charge in [-0.15, -0.1) is 0 Å². The van der Waals surface area contributed by atoms with Crippen LogP contribution in [0.15, 0.2) is 30.6 Å². The lowest BCUT2D eigenvalue weighted by Crippen LogP contribution is -2.11. The summed E-state index contributed by atoms with van der Waals surface area (Å²) in [5.74, 6) is -0.751. The van der Waals surface area contributed by atoms with Gasteiger partial charge in [-0.05, 0) is 32.6 Å². The van der Waals surface area contributed by atoms with E-state index in [9.17, 15) is 9.18 Å². The molecule has 3 aromatic rings. The zero-order valence-corrected chi connectivity index (χ0v) is 14.6. The lowest BCUT2D eigenvalue weighted by molar-refractivity contribution is 0.0599. The molecule has 0 aliphatic rings. The van der Waals surface area contributed by atoms with Crippen LogP contribution in [0.5, 0.6) is 0 Å². The van der Waals surface area contributed by atoms with Crippen molar-refractivity contribution < 1.29 is 13.9 Å². The number of ether oxygens (including phenoxy) is 1. The van der Waals surface area contributed by atoms with E-state index in [1.54, 1.807) is 12.3 Å². The zero-order valence-electron chi connectivity index (χ0n) is 14.6. The average Bonchev–Trinajstić information content (AvgIpc) is 2.90. The smallest absolute Gasteiger partial charge is 0.341 e. The minimum atomic E-state index is -0.483. The third-order valence-electron chi connectivity index (χ3n) is 3.90. The molecular formula is C18H19FN4O2. The van der Waals surface area contributed by atoms with Crippen molar-refractivity contribution in [3.63, 3.8) is 0 Å². The molecule has 2 heterocycles. The molecule has 1 aromatic carbocycles. The molecule has 25 heavy (non-hydrogen) atoms. The Kier molecular flexibility index (Phi) is 4.50. The summed E-state index contributed by atoms with van der Waals surface area (Å²) >= 11 is 0. The van der Waals surface area contributed by atoms with E-state index in [4.69, 9.17) is 4.74 Å². The number of rotatable bonds is 4. The van der Waals surface area contributed by atoms with Crippen molar-refractivity contribution in [3.05, 3.63) is 53.2 Å². The monoisotopic (exact) mass is 342 g/mol. The Morgan fingerprint density at radius 2 is 2.12 bits per heavy atom. The van der Waals surface area contributed by atoms with Crippen molar-refractivity contribution in [2.75, 3.05) is 21.2 Å². The largest absolute Gasteiger partial charge is 0.465 e. The van der Waals surface area contributed by atoms with E-state index in [1.807, 2.05) is 32.0 Å². The highest BCUT2D eigenvalue weighted by atomic mass is 19.1. The van der Waals surface area contributed by atoms with Gasteiger partial charge in [0.2, 0.25) is 0 Å². The van der Waals surface area contributed by atoms with Gasteiger partial charge in [0.1, 0.15) is 5.82 Å². The van der Waals surface area contributed by atoms with Crippen LogP contribution in [-0.4, -0.2) is 46.7 Å².